The standard InChI is InChI=1S/C19H12N4O2S2/c20-9-11-3-1-2-4-14(11)22-16-13-5-6-15(24)23(12-7-8-26-10-12)19(13)27-17(16)18(21)25/h1-8,10,22H,(H2,21,25). The van der Waals surface area contributed by atoms with Crippen molar-refractivity contribution >= 4 is 50.2 Å². The molecule has 4 aromatic rings. The molecule has 1 aromatic carbocycles. The highest BCUT2D eigenvalue weighted by molar-refractivity contribution is 7.21. The third-order valence-electron chi connectivity index (χ3n) is 4.04. The van der Waals surface area contributed by atoms with Crippen molar-refractivity contribution in [3.05, 3.63) is 74.0 Å². The van der Waals surface area contributed by atoms with Gasteiger partial charge in [-0.1, -0.05) is 12.1 Å². The van der Waals surface area contributed by atoms with Gasteiger partial charge in [-0.2, -0.15) is 16.6 Å². The number of aromatic nitrogens is 1. The minimum Gasteiger partial charge on any atom is -0.365 e. The van der Waals surface area contributed by atoms with E-state index in [1.165, 1.54) is 17.4 Å². The van der Waals surface area contributed by atoms with Gasteiger partial charge >= 0.3 is 0 Å². The molecule has 0 spiro atoms. The van der Waals surface area contributed by atoms with Crippen molar-refractivity contribution in [3.63, 3.8) is 0 Å². The van der Waals surface area contributed by atoms with Crippen molar-refractivity contribution in [2.75, 3.05) is 5.32 Å². The average Bonchev–Trinajstić information content (AvgIpc) is 3.30. The summed E-state index contributed by atoms with van der Waals surface area (Å²) < 4.78 is 1.56. The normalized spacial score (nSPS) is 10.6. The van der Waals surface area contributed by atoms with Crippen molar-refractivity contribution in [2.45, 2.75) is 0 Å². The lowest BCUT2D eigenvalue weighted by Gasteiger charge is -2.09. The van der Waals surface area contributed by atoms with Crippen LogP contribution in [0.2, 0.25) is 0 Å². The molecule has 6 nitrogen and oxygen atoms in total. The van der Waals surface area contributed by atoms with Crippen LogP contribution in [0.25, 0.3) is 15.9 Å². The van der Waals surface area contributed by atoms with Gasteiger partial charge in [0.1, 0.15) is 15.8 Å². The number of carbonyl (C=O) groups is 1. The number of thiophene rings is 2. The summed E-state index contributed by atoms with van der Waals surface area (Å²) in [6.07, 6.45) is 0. The van der Waals surface area contributed by atoms with Gasteiger partial charge in [0.25, 0.3) is 11.5 Å². The van der Waals surface area contributed by atoms with Crippen LogP contribution in [-0.2, 0) is 0 Å². The Balaban J connectivity index is 1.99. The number of nitrogens with one attached hydrogen (secondary N) is 1. The van der Waals surface area contributed by atoms with Gasteiger partial charge in [-0.25, -0.2) is 0 Å². The fraction of sp³-hybridized carbons (Fsp3) is 0. The lowest BCUT2D eigenvalue weighted by atomic mass is 10.1. The second kappa shape index (κ2) is 6.72. The molecule has 0 aliphatic rings. The van der Waals surface area contributed by atoms with Gasteiger partial charge in [0.05, 0.1) is 22.6 Å². The molecule has 0 bridgehead atoms. The first-order valence-corrected chi connectivity index (χ1v) is 9.63. The van der Waals surface area contributed by atoms with Crippen LogP contribution in [0.3, 0.4) is 0 Å². The number of nitrogens with two attached hydrogens (primary N) is 1. The quantitative estimate of drug-likeness (QED) is 0.551. The molecule has 3 N–H and O–H groups in total. The Morgan fingerprint density at radius 2 is 2.00 bits per heavy atom. The molecule has 1 amide bonds. The number of fused-ring (bicyclic) bond motifs is 1. The number of nitriles is 1. The molecule has 3 heterocycles. The first-order chi connectivity index (χ1) is 13.1. The molecule has 0 aliphatic heterocycles. The molecule has 132 valence electrons. The number of anilines is 2. The summed E-state index contributed by atoms with van der Waals surface area (Å²) in [5.74, 6) is -0.600. The second-order valence-corrected chi connectivity index (χ2v) is 7.44. The average molecular weight is 392 g/mol. The third-order valence-corrected chi connectivity index (χ3v) is 5.91. The largest absolute Gasteiger partial charge is 0.365 e. The second-order valence-electron chi connectivity index (χ2n) is 5.66. The summed E-state index contributed by atoms with van der Waals surface area (Å²) in [4.78, 5) is 25.5. The van der Waals surface area contributed by atoms with E-state index in [4.69, 9.17) is 5.73 Å². The molecular formula is C19H12N4O2S2. The summed E-state index contributed by atoms with van der Waals surface area (Å²) in [5, 5.41) is 16.9. The summed E-state index contributed by atoms with van der Waals surface area (Å²) in [6.45, 7) is 0. The zero-order valence-corrected chi connectivity index (χ0v) is 15.4. The monoisotopic (exact) mass is 392 g/mol. The van der Waals surface area contributed by atoms with Crippen molar-refractivity contribution < 1.29 is 4.79 Å². The summed E-state index contributed by atoms with van der Waals surface area (Å²) in [6, 6.07) is 14.1. The molecule has 0 atom stereocenters. The molecule has 0 radical (unpaired) electrons. The van der Waals surface area contributed by atoms with Gasteiger partial charge in [0.15, 0.2) is 0 Å². The van der Waals surface area contributed by atoms with Crippen molar-refractivity contribution in [3.8, 4) is 11.8 Å². The van der Waals surface area contributed by atoms with E-state index >= 15 is 0 Å². The first-order valence-electron chi connectivity index (χ1n) is 7.87. The molecule has 0 aliphatic carbocycles. The number of pyridine rings is 1. The molecule has 0 saturated carbocycles. The van der Waals surface area contributed by atoms with Crippen LogP contribution in [0, 0.1) is 11.3 Å². The number of carbonyl (C=O) groups excluding carboxylic acids is 1. The van der Waals surface area contributed by atoms with Crippen LogP contribution >= 0.6 is 22.7 Å². The molecule has 3 aromatic heterocycles. The van der Waals surface area contributed by atoms with Gasteiger partial charge in [-0.05, 0) is 29.6 Å². The van der Waals surface area contributed by atoms with Gasteiger partial charge in [-0.3, -0.25) is 14.2 Å². The van der Waals surface area contributed by atoms with Crippen LogP contribution in [0.1, 0.15) is 15.2 Å². The Bertz CT molecular complexity index is 1260. The van der Waals surface area contributed by atoms with Crippen LogP contribution in [0.5, 0.6) is 0 Å². The van der Waals surface area contributed by atoms with E-state index in [0.29, 0.717) is 32.0 Å². The predicted octanol–water partition coefficient (Wildman–Crippen LogP) is 3.83. The third kappa shape index (κ3) is 2.89. The number of benzene rings is 1. The number of primary amides is 1. The SMILES string of the molecule is N#Cc1ccccc1Nc1c(C(N)=O)sc2c1ccc(=O)n2-c1ccsc1. The topological polar surface area (TPSA) is 101 Å². The minimum absolute atomic E-state index is 0.192. The maximum absolute atomic E-state index is 12.5. The van der Waals surface area contributed by atoms with Gasteiger partial charge in [-0.15, -0.1) is 11.3 Å². The van der Waals surface area contributed by atoms with E-state index < -0.39 is 5.91 Å². The summed E-state index contributed by atoms with van der Waals surface area (Å²) in [5.41, 5.74) is 7.63. The number of amides is 1. The smallest absolute Gasteiger partial charge is 0.261 e. The van der Waals surface area contributed by atoms with Crippen molar-refractivity contribution in [1.29, 1.82) is 5.26 Å². The van der Waals surface area contributed by atoms with Gasteiger partial charge in [0.2, 0.25) is 0 Å². The molecule has 0 saturated heterocycles. The number of hydrogen-bond acceptors (Lipinski definition) is 6. The maximum Gasteiger partial charge on any atom is 0.261 e. The lowest BCUT2D eigenvalue weighted by molar-refractivity contribution is 0.100. The van der Waals surface area contributed by atoms with Crippen LogP contribution in [0.4, 0.5) is 11.4 Å². The van der Waals surface area contributed by atoms with E-state index in [-0.39, 0.29) is 5.56 Å². The fourth-order valence-electron chi connectivity index (χ4n) is 2.83. The van der Waals surface area contributed by atoms with Gasteiger partial charge in [0, 0.05) is 16.8 Å². The van der Waals surface area contributed by atoms with Crippen LogP contribution in [-0.4, -0.2) is 10.5 Å². The Morgan fingerprint density at radius 3 is 2.70 bits per heavy atom. The first kappa shape index (κ1) is 17.0. The van der Waals surface area contributed by atoms with E-state index in [9.17, 15) is 14.9 Å². The van der Waals surface area contributed by atoms with E-state index in [1.54, 1.807) is 34.9 Å². The Labute approximate surface area is 161 Å². The number of para-hydroxylation sites is 1. The number of rotatable bonds is 4. The predicted molar refractivity (Wildman–Crippen MR) is 108 cm³/mol. The molecule has 0 unspecified atom stereocenters. The highest BCUT2D eigenvalue weighted by Gasteiger charge is 2.20. The zero-order chi connectivity index (χ0) is 19.0. The van der Waals surface area contributed by atoms with E-state index in [2.05, 4.69) is 11.4 Å². The van der Waals surface area contributed by atoms with Crippen LogP contribution in [0.15, 0.2) is 58.0 Å². The van der Waals surface area contributed by atoms with Crippen molar-refractivity contribution in [1.82, 2.24) is 4.57 Å². The molecule has 8 heteroatoms. The molecule has 0 fully saturated rings. The number of nitrogens with zero attached hydrogens (tertiary/aromatic N) is 2. The molecule has 27 heavy (non-hydrogen) atoms. The molecule has 4 rings (SSSR count). The Morgan fingerprint density at radius 1 is 1.19 bits per heavy atom. The highest BCUT2D eigenvalue weighted by atomic mass is 32.1. The Hall–Kier alpha value is -3.41. The maximum atomic E-state index is 12.5. The summed E-state index contributed by atoms with van der Waals surface area (Å²) >= 11 is 2.63. The zero-order valence-electron chi connectivity index (χ0n) is 13.8. The van der Waals surface area contributed by atoms with Gasteiger partial charge < -0.3 is 11.1 Å². The molecular weight excluding hydrogens is 380 g/mol. The fourth-order valence-corrected chi connectivity index (χ4v) is 4.58. The van der Waals surface area contributed by atoms with E-state index in [0.717, 1.165) is 17.0 Å². The van der Waals surface area contributed by atoms with Crippen molar-refractivity contribution in [2.24, 2.45) is 5.73 Å². The van der Waals surface area contributed by atoms with Crippen LogP contribution < -0.4 is 16.6 Å². The van der Waals surface area contributed by atoms with E-state index in [1.807, 2.05) is 16.8 Å². The lowest BCUT2D eigenvalue weighted by Crippen LogP contribution is -2.15. The number of hydrogen-bond donors (Lipinski definition) is 2. The summed E-state index contributed by atoms with van der Waals surface area (Å²) in [7, 11) is 0. The highest BCUT2D eigenvalue weighted by Crippen LogP contribution is 2.38. The Kier molecular flexibility index (Phi) is 4.24. The minimum atomic E-state index is -0.600.